The largest absolute Gasteiger partial charge is 0.385 e. The number of anilines is 1. The first-order chi connectivity index (χ1) is 7.77. The summed E-state index contributed by atoms with van der Waals surface area (Å²) in [5.41, 5.74) is 0.823. The summed E-state index contributed by atoms with van der Waals surface area (Å²) in [7, 11) is 0. The average molecular weight is 222 g/mol. The van der Waals surface area contributed by atoms with Crippen LogP contribution in [0.3, 0.4) is 0 Å². The van der Waals surface area contributed by atoms with Crippen molar-refractivity contribution in [1.82, 2.24) is 0 Å². The number of rotatable bonds is 6. The maximum absolute atomic E-state index is 13.0. The van der Waals surface area contributed by atoms with Gasteiger partial charge in [-0.1, -0.05) is 0 Å². The highest BCUT2D eigenvalue weighted by molar-refractivity contribution is 5.49. The van der Waals surface area contributed by atoms with Crippen molar-refractivity contribution in [2.75, 3.05) is 25.1 Å². The summed E-state index contributed by atoms with van der Waals surface area (Å²) < 4.78 is 18.2. The lowest BCUT2D eigenvalue weighted by atomic mass is 10.2. The van der Waals surface area contributed by atoms with Gasteiger partial charge in [0.2, 0.25) is 0 Å². The molecule has 0 aliphatic rings. The highest BCUT2D eigenvalue weighted by Gasteiger charge is 2.01. The number of ether oxygens (including phenoxy) is 1. The quantitative estimate of drug-likeness (QED) is 0.752. The second-order valence-electron chi connectivity index (χ2n) is 3.28. The van der Waals surface area contributed by atoms with Crippen molar-refractivity contribution in [3.63, 3.8) is 0 Å². The van der Waals surface area contributed by atoms with Crippen LogP contribution in [0.4, 0.5) is 10.1 Å². The van der Waals surface area contributed by atoms with Crippen molar-refractivity contribution in [2.45, 2.75) is 13.3 Å². The van der Waals surface area contributed by atoms with Crippen LogP contribution in [0.15, 0.2) is 18.2 Å². The maximum atomic E-state index is 13.0. The molecule has 0 aliphatic carbocycles. The van der Waals surface area contributed by atoms with Gasteiger partial charge in [0.05, 0.1) is 5.56 Å². The molecule has 0 fully saturated rings. The fraction of sp³-hybridized carbons (Fsp3) is 0.417. The summed E-state index contributed by atoms with van der Waals surface area (Å²) in [5, 5.41) is 11.8. The van der Waals surface area contributed by atoms with Crippen molar-refractivity contribution in [3.05, 3.63) is 29.6 Å². The van der Waals surface area contributed by atoms with Crippen LogP contribution in [0.2, 0.25) is 0 Å². The number of nitrogens with zero attached hydrogens (tertiary/aromatic N) is 1. The Morgan fingerprint density at radius 3 is 3.00 bits per heavy atom. The molecule has 0 atom stereocenters. The molecule has 4 heteroatoms. The van der Waals surface area contributed by atoms with Gasteiger partial charge in [-0.3, -0.25) is 0 Å². The van der Waals surface area contributed by atoms with Gasteiger partial charge in [0, 0.05) is 25.4 Å². The predicted molar refractivity (Wildman–Crippen MR) is 60.7 cm³/mol. The van der Waals surface area contributed by atoms with Crippen LogP contribution in [-0.2, 0) is 4.74 Å². The van der Waals surface area contributed by atoms with Gasteiger partial charge in [0.25, 0.3) is 0 Å². The molecule has 16 heavy (non-hydrogen) atoms. The Kier molecular flexibility index (Phi) is 5.30. The van der Waals surface area contributed by atoms with Crippen molar-refractivity contribution >= 4 is 5.69 Å². The molecule has 0 aromatic heterocycles. The van der Waals surface area contributed by atoms with Crippen LogP contribution >= 0.6 is 0 Å². The van der Waals surface area contributed by atoms with E-state index >= 15 is 0 Å². The van der Waals surface area contributed by atoms with E-state index in [0.717, 1.165) is 25.3 Å². The van der Waals surface area contributed by atoms with Crippen LogP contribution in [0.25, 0.3) is 0 Å². The first-order valence-corrected chi connectivity index (χ1v) is 5.29. The number of nitrogens with one attached hydrogen (secondary N) is 1. The van der Waals surface area contributed by atoms with Crippen LogP contribution in [0.1, 0.15) is 18.9 Å². The summed E-state index contributed by atoms with van der Waals surface area (Å²) >= 11 is 0. The van der Waals surface area contributed by atoms with E-state index in [2.05, 4.69) is 5.32 Å². The van der Waals surface area contributed by atoms with Gasteiger partial charge in [0.1, 0.15) is 11.9 Å². The third-order valence-corrected chi connectivity index (χ3v) is 2.09. The number of nitriles is 1. The highest BCUT2D eigenvalue weighted by atomic mass is 19.1. The monoisotopic (exact) mass is 222 g/mol. The smallest absolute Gasteiger partial charge is 0.141 e. The lowest BCUT2D eigenvalue weighted by Crippen LogP contribution is -2.05. The molecule has 0 saturated heterocycles. The van der Waals surface area contributed by atoms with Crippen molar-refractivity contribution in [1.29, 1.82) is 5.26 Å². The van der Waals surface area contributed by atoms with Gasteiger partial charge in [-0.2, -0.15) is 5.26 Å². The first-order valence-electron chi connectivity index (χ1n) is 5.29. The molecule has 86 valence electrons. The zero-order chi connectivity index (χ0) is 11.8. The molecule has 0 radical (unpaired) electrons. The Hall–Kier alpha value is -1.60. The third kappa shape index (κ3) is 3.87. The second kappa shape index (κ2) is 6.81. The van der Waals surface area contributed by atoms with E-state index in [9.17, 15) is 4.39 Å². The first kappa shape index (κ1) is 12.5. The number of benzene rings is 1. The van der Waals surface area contributed by atoms with Gasteiger partial charge in [-0.15, -0.1) is 0 Å². The molecule has 0 spiro atoms. The molecular weight excluding hydrogens is 207 g/mol. The molecule has 0 unspecified atom stereocenters. The molecule has 0 amide bonds. The van der Waals surface area contributed by atoms with E-state index in [0.29, 0.717) is 6.61 Å². The van der Waals surface area contributed by atoms with Crippen molar-refractivity contribution in [3.8, 4) is 6.07 Å². The Bertz CT molecular complexity index is 374. The minimum Gasteiger partial charge on any atom is -0.385 e. The third-order valence-electron chi connectivity index (χ3n) is 2.09. The number of hydrogen-bond acceptors (Lipinski definition) is 3. The SMILES string of the molecule is CCOCCCNc1ccc(F)c(C#N)c1. The average Bonchev–Trinajstić information content (AvgIpc) is 2.31. The Labute approximate surface area is 94.8 Å². The van der Waals surface area contributed by atoms with Gasteiger partial charge in [-0.25, -0.2) is 4.39 Å². The minimum absolute atomic E-state index is 0.0646. The second-order valence-corrected chi connectivity index (χ2v) is 3.28. The number of halogens is 1. The fourth-order valence-electron chi connectivity index (χ4n) is 1.27. The molecule has 3 nitrogen and oxygen atoms in total. The summed E-state index contributed by atoms with van der Waals surface area (Å²) in [6.07, 6.45) is 0.882. The molecule has 1 N–H and O–H groups in total. The lowest BCUT2D eigenvalue weighted by Gasteiger charge is -2.06. The zero-order valence-electron chi connectivity index (χ0n) is 9.29. The topological polar surface area (TPSA) is 45.0 Å². The molecule has 0 heterocycles. The van der Waals surface area contributed by atoms with Gasteiger partial charge in [-0.05, 0) is 31.5 Å². The van der Waals surface area contributed by atoms with Crippen LogP contribution in [0.5, 0.6) is 0 Å². The standard InChI is InChI=1S/C12H15FN2O/c1-2-16-7-3-6-15-11-4-5-12(13)10(8-11)9-14/h4-5,8,15H,2-3,6-7H2,1H3. The van der Waals surface area contributed by atoms with E-state index in [-0.39, 0.29) is 5.56 Å². The Morgan fingerprint density at radius 1 is 1.50 bits per heavy atom. The van der Waals surface area contributed by atoms with Crippen molar-refractivity contribution in [2.24, 2.45) is 0 Å². The van der Waals surface area contributed by atoms with E-state index in [1.807, 2.05) is 6.92 Å². The van der Waals surface area contributed by atoms with Crippen molar-refractivity contribution < 1.29 is 9.13 Å². The van der Waals surface area contributed by atoms with Gasteiger partial charge >= 0.3 is 0 Å². The Balaban J connectivity index is 2.40. The molecule has 1 aromatic rings. The number of hydrogen-bond donors (Lipinski definition) is 1. The molecule has 0 saturated carbocycles. The predicted octanol–water partition coefficient (Wildman–Crippen LogP) is 2.54. The zero-order valence-corrected chi connectivity index (χ0v) is 9.29. The summed E-state index contributed by atoms with van der Waals surface area (Å²) in [6, 6.07) is 6.23. The normalized spacial score (nSPS) is 9.81. The summed E-state index contributed by atoms with van der Waals surface area (Å²) in [5.74, 6) is -0.484. The van der Waals surface area contributed by atoms with Crippen LogP contribution < -0.4 is 5.32 Å². The molecular formula is C12H15FN2O. The van der Waals surface area contributed by atoms with Gasteiger partial charge in [0.15, 0.2) is 0 Å². The van der Waals surface area contributed by atoms with E-state index in [4.69, 9.17) is 10.00 Å². The fourth-order valence-corrected chi connectivity index (χ4v) is 1.27. The molecule has 0 aliphatic heterocycles. The molecule has 1 rings (SSSR count). The lowest BCUT2D eigenvalue weighted by molar-refractivity contribution is 0.147. The van der Waals surface area contributed by atoms with E-state index in [1.165, 1.54) is 12.1 Å². The van der Waals surface area contributed by atoms with Crippen LogP contribution in [0, 0.1) is 17.1 Å². The van der Waals surface area contributed by atoms with E-state index in [1.54, 1.807) is 12.1 Å². The highest BCUT2D eigenvalue weighted by Crippen LogP contribution is 2.13. The minimum atomic E-state index is -0.484. The summed E-state index contributed by atoms with van der Waals surface area (Å²) in [6.45, 7) is 4.12. The molecule has 1 aromatic carbocycles. The summed E-state index contributed by atoms with van der Waals surface area (Å²) in [4.78, 5) is 0. The van der Waals surface area contributed by atoms with Crippen LogP contribution in [-0.4, -0.2) is 19.8 Å². The maximum Gasteiger partial charge on any atom is 0.141 e. The van der Waals surface area contributed by atoms with Gasteiger partial charge < -0.3 is 10.1 Å². The Morgan fingerprint density at radius 2 is 2.31 bits per heavy atom. The molecule has 0 bridgehead atoms. The van der Waals surface area contributed by atoms with E-state index < -0.39 is 5.82 Å².